The lowest BCUT2D eigenvalue weighted by atomic mass is 10.0. The van der Waals surface area contributed by atoms with Crippen LogP contribution in [-0.2, 0) is 0 Å². The van der Waals surface area contributed by atoms with Crippen LogP contribution < -0.4 is 4.74 Å². The lowest BCUT2D eigenvalue weighted by Crippen LogP contribution is -1.97. The van der Waals surface area contributed by atoms with E-state index in [-0.39, 0.29) is 10.6 Å². The molecule has 0 spiro atoms. The third-order valence-electron chi connectivity index (χ3n) is 2.79. The smallest absolute Gasteiger partial charge is 0.124 e. The third kappa shape index (κ3) is 3.54. The van der Waals surface area contributed by atoms with E-state index in [9.17, 15) is 4.39 Å². The molecule has 0 heterocycles. The van der Waals surface area contributed by atoms with E-state index in [1.165, 1.54) is 12.1 Å². The van der Waals surface area contributed by atoms with Gasteiger partial charge in [-0.05, 0) is 42.3 Å². The van der Waals surface area contributed by atoms with Crippen molar-refractivity contribution < 1.29 is 9.13 Å². The van der Waals surface area contributed by atoms with Crippen LogP contribution >= 0.6 is 43.5 Å². The molecule has 0 aromatic heterocycles. The molecule has 5 heteroatoms. The Morgan fingerprint density at radius 1 is 1.20 bits per heavy atom. The molecule has 106 valence electrons. The Morgan fingerprint density at radius 2 is 1.90 bits per heavy atom. The number of hydrogen-bond acceptors (Lipinski definition) is 1. The van der Waals surface area contributed by atoms with Crippen LogP contribution in [0.5, 0.6) is 5.75 Å². The Hall–Kier alpha value is -0.580. The summed E-state index contributed by atoms with van der Waals surface area (Å²) < 4.78 is 19.5. The number of hydrogen-bond donors (Lipinski definition) is 0. The van der Waals surface area contributed by atoms with Crippen LogP contribution in [0.15, 0.2) is 40.9 Å². The van der Waals surface area contributed by atoms with Crippen LogP contribution in [0, 0.1) is 5.82 Å². The highest BCUT2D eigenvalue weighted by Crippen LogP contribution is 2.39. The summed E-state index contributed by atoms with van der Waals surface area (Å²) >= 11 is 13.2. The second-order valence-electron chi connectivity index (χ2n) is 4.14. The van der Waals surface area contributed by atoms with Gasteiger partial charge in [0.05, 0.1) is 11.4 Å². The predicted molar refractivity (Wildman–Crippen MR) is 87.5 cm³/mol. The first-order valence-corrected chi connectivity index (χ1v) is 8.13. The van der Waals surface area contributed by atoms with Gasteiger partial charge in [-0.15, -0.1) is 0 Å². The molecule has 0 aliphatic carbocycles. The average Bonchev–Trinajstić information content (AvgIpc) is 2.38. The van der Waals surface area contributed by atoms with E-state index in [1.807, 2.05) is 25.1 Å². The molecule has 2 aromatic carbocycles. The monoisotopic (exact) mass is 420 g/mol. The van der Waals surface area contributed by atoms with E-state index < -0.39 is 0 Å². The summed E-state index contributed by atoms with van der Waals surface area (Å²) in [6.07, 6.45) is 0. The molecule has 20 heavy (non-hydrogen) atoms. The quantitative estimate of drug-likeness (QED) is 0.539. The second kappa shape index (κ2) is 6.92. The zero-order valence-electron chi connectivity index (χ0n) is 10.7. The Bertz CT molecular complexity index is 619. The maximum Gasteiger partial charge on any atom is 0.124 e. The summed E-state index contributed by atoms with van der Waals surface area (Å²) in [6, 6.07) is 10.2. The van der Waals surface area contributed by atoms with Crippen molar-refractivity contribution in [1.82, 2.24) is 0 Å². The minimum atomic E-state index is -0.343. The minimum Gasteiger partial charge on any atom is -0.494 e. The van der Waals surface area contributed by atoms with E-state index in [1.54, 1.807) is 6.07 Å². The summed E-state index contributed by atoms with van der Waals surface area (Å²) in [5, 5.41) is 0.396. The molecule has 0 saturated carbocycles. The molecule has 0 fully saturated rings. The van der Waals surface area contributed by atoms with Gasteiger partial charge in [0.25, 0.3) is 0 Å². The van der Waals surface area contributed by atoms with Gasteiger partial charge in [0.15, 0.2) is 0 Å². The van der Waals surface area contributed by atoms with Crippen LogP contribution in [0.25, 0.3) is 0 Å². The van der Waals surface area contributed by atoms with Crippen molar-refractivity contribution in [1.29, 1.82) is 0 Å². The van der Waals surface area contributed by atoms with Crippen LogP contribution in [0.4, 0.5) is 4.39 Å². The van der Waals surface area contributed by atoms with Crippen molar-refractivity contribution in [3.8, 4) is 5.75 Å². The first-order valence-electron chi connectivity index (χ1n) is 6.04. The molecule has 1 unspecified atom stereocenters. The number of ether oxygens (including phenoxy) is 1. The largest absolute Gasteiger partial charge is 0.494 e. The van der Waals surface area contributed by atoms with Gasteiger partial charge < -0.3 is 4.74 Å². The van der Waals surface area contributed by atoms with E-state index in [0.717, 1.165) is 21.3 Å². The van der Waals surface area contributed by atoms with Crippen molar-refractivity contribution in [2.45, 2.75) is 11.8 Å². The van der Waals surface area contributed by atoms with Crippen molar-refractivity contribution in [3.05, 3.63) is 62.8 Å². The highest BCUT2D eigenvalue weighted by Gasteiger charge is 2.17. The molecule has 0 aliphatic rings. The summed E-state index contributed by atoms with van der Waals surface area (Å²) in [5.74, 6) is 0.456. The summed E-state index contributed by atoms with van der Waals surface area (Å²) in [5.41, 5.74) is 1.82. The first-order chi connectivity index (χ1) is 9.52. The normalized spacial score (nSPS) is 12.2. The number of alkyl halides is 1. The van der Waals surface area contributed by atoms with Gasteiger partial charge in [-0.2, -0.15) is 0 Å². The molecule has 1 atom stereocenters. The first kappa shape index (κ1) is 15.8. The molecule has 2 rings (SSSR count). The molecule has 0 aliphatic heterocycles. The van der Waals surface area contributed by atoms with Gasteiger partial charge in [0.1, 0.15) is 11.6 Å². The molecule has 2 aromatic rings. The Morgan fingerprint density at radius 3 is 2.50 bits per heavy atom. The molecule has 0 amide bonds. The molecule has 0 radical (unpaired) electrons. The average molecular weight is 423 g/mol. The van der Waals surface area contributed by atoms with E-state index in [2.05, 4.69) is 31.9 Å². The van der Waals surface area contributed by atoms with Crippen LogP contribution in [0.3, 0.4) is 0 Å². The van der Waals surface area contributed by atoms with Gasteiger partial charge in [0, 0.05) is 9.50 Å². The van der Waals surface area contributed by atoms with Gasteiger partial charge >= 0.3 is 0 Å². The van der Waals surface area contributed by atoms with Gasteiger partial charge in [-0.1, -0.05) is 55.6 Å². The van der Waals surface area contributed by atoms with E-state index in [0.29, 0.717) is 11.6 Å². The van der Waals surface area contributed by atoms with Crippen molar-refractivity contribution in [2.75, 3.05) is 6.61 Å². The van der Waals surface area contributed by atoms with Crippen LogP contribution in [0.2, 0.25) is 5.02 Å². The highest BCUT2D eigenvalue weighted by molar-refractivity contribution is 9.11. The fraction of sp³-hybridized carbons (Fsp3) is 0.200. The van der Waals surface area contributed by atoms with Crippen molar-refractivity contribution in [3.63, 3.8) is 0 Å². The molecule has 1 nitrogen and oxygen atoms in total. The summed E-state index contributed by atoms with van der Waals surface area (Å²) in [6.45, 7) is 2.56. The maximum atomic E-state index is 13.1. The molecule has 0 N–H and O–H groups in total. The standard InChI is InChI=1S/C15H12Br2ClFO/c1-2-20-10-4-6-11(13(16)8-10)15(17)12-5-3-9(19)7-14(12)18/h3-8,15H,2H2,1H3. The lowest BCUT2D eigenvalue weighted by Gasteiger charge is -2.15. The number of benzene rings is 2. The van der Waals surface area contributed by atoms with E-state index in [4.69, 9.17) is 16.3 Å². The molecule has 0 bridgehead atoms. The Balaban J connectivity index is 2.35. The lowest BCUT2D eigenvalue weighted by molar-refractivity contribution is 0.340. The van der Waals surface area contributed by atoms with Crippen molar-refractivity contribution >= 4 is 43.5 Å². The molecule has 0 saturated heterocycles. The second-order valence-corrected chi connectivity index (χ2v) is 6.32. The number of rotatable bonds is 4. The molecular formula is C15H12Br2ClFO. The zero-order chi connectivity index (χ0) is 14.7. The minimum absolute atomic E-state index is 0.124. The van der Waals surface area contributed by atoms with Gasteiger partial charge in [0.2, 0.25) is 0 Å². The SMILES string of the molecule is CCOc1ccc(C(Br)c2ccc(F)cc2Cl)c(Br)c1. The summed E-state index contributed by atoms with van der Waals surface area (Å²) in [7, 11) is 0. The van der Waals surface area contributed by atoms with Crippen LogP contribution in [0.1, 0.15) is 22.9 Å². The fourth-order valence-electron chi connectivity index (χ4n) is 1.84. The van der Waals surface area contributed by atoms with Crippen molar-refractivity contribution in [2.24, 2.45) is 0 Å². The zero-order valence-corrected chi connectivity index (χ0v) is 14.6. The fourth-order valence-corrected chi connectivity index (χ4v) is 3.94. The third-order valence-corrected chi connectivity index (χ3v) is 4.79. The number of halogens is 4. The summed E-state index contributed by atoms with van der Waals surface area (Å²) in [4.78, 5) is -0.124. The maximum absolute atomic E-state index is 13.1. The molecular weight excluding hydrogens is 410 g/mol. The predicted octanol–water partition coefficient (Wildman–Crippen LogP) is 6.12. The topological polar surface area (TPSA) is 9.23 Å². The highest BCUT2D eigenvalue weighted by atomic mass is 79.9. The van der Waals surface area contributed by atoms with Crippen LogP contribution in [-0.4, -0.2) is 6.61 Å². The van der Waals surface area contributed by atoms with Gasteiger partial charge in [-0.25, -0.2) is 4.39 Å². The van der Waals surface area contributed by atoms with E-state index >= 15 is 0 Å². The Kier molecular flexibility index (Phi) is 5.47. The van der Waals surface area contributed by atoms with Gasteiger partial charge in [-0.3, -0.25) is 0 Å². The Labute approximate surface area is 139 Å².